The van der Waals surface area contributed by atoms with Crippen LogP contribution in [0.15, 0.2) is 66.9 Å². The summed E-state index contributed by atoms with van der Waals surface area (Å²) in [5, 5.41) is 5.00. The van der Waals surface area contributed by atoms with Crippen molar-refractivity contribution in [2.75, 3.05) is 6.61 Å². The monoisotopic (exact) mass is 457 g/mol. The zero-order valence-electron chi connectivity index (χ0n) is 18.7. The lowest BCUT2D eigenvalue weighted by Crippen LogP contribution is -2.50. The molecule has 1 atom stereocenters. The smallest absolute Gasteiger partial charge is 0.283 e. The Morgan fingerprint density at radius 2 is 1.76 bits per heavy atom. The lowest BCUT2D eigenvalue weighted by molar-refractivity contribution is -0.131. The van der Waals surface area contributed by atoms with Crippen molar-refractivity contribution in [3.8, 4) is 22.8 Å². The first-order chi connectivity index (χ1) is 16.5. The third kappa shape index (κ3) is 4.03. The molecule has 2 amide bonds. The molecule has 1 unspecified atom stereocenters. The molecule has 4 aromatic rings. The van der Waals surface area contributed by atoms with E-state index in [4.69, 9.17) is 14.5 Å². The number of carbonyl (C=O) groups excluding carboxylic acids is 2. The van der Waals surface area contributed by atoms with Crippen molar-refractivity contribution in [1.29, 1.82) is 0 Å². The maximum atomic E-state index is 13.1. The highest BCUT2D eigenvalue weighted by atomic mass is 16.6. The molecule has 0 fully saturated rings. The van der Waals surface area contributed by atoms with Gasteiger partial charge >= 0.3 is 0 Å². The summed E-state index contributed by atoms with van der Waals surface area (Å²) in [7, 11) is 0. The zero-order chi connectivity index (χ0) is 23.7. The van der Waals surface area contributed by atoms with Gasteiger partial charge in [0, 0.05) is 11.6 Å². The standard InChI is InChI=1S/C25H23N5O4/c1-15(2)30-23-18(13-26-30)17(12-19(27-23)16-8-4-3-5-9-16)24(31)28-29-25(32)22-14-33-20-10-6-7-11-21(20)34-22/h3-13,15,22H,14H2,1-2H3,(H,28,31)(H,29,32). The average Bonchev–Trinajstić information content (AvgIpc) is 3.31. The number of hydrazine groups is 1. The molecule has 9 heteroatoms. The van der Waals surface area contributed by atoms with Gasteiger partial charge in [-0.3, -0.25) is 20.4 Å². The highest BCUT2D eigenvalue weighted by Gasteiger charge is 2.28. The Kier molecular flexibility index (Phi) is 5.59. The maximum absolute atomic E-state index is 13.1. The highest BCUT2D eigenvalue weighted by molar-refractivity contribution is 6.07. The molecular formula is C25H23N5O4. The van der Waals surface area contributed by atoms with Crippen LogP contribution in [0.4, 0.5) is 0 Å². The topological polar surface area (TPSA) is 107 Å². The number of pyridine rings is 1. The summed E-state index contributed by atoms with van der Waals surface area (Å²) in [4.78, 5) is 30.5. The molecule has 3 heterocycles. The van der Waals surface area contributed by atoms with Gasteiger partial charge in [-0.1, -0.05) is 42.5 Å². The van der Waals surface area contributed by atoms with Crippen LogP contribution in [-0.2, 0) is 4.79 Å². The predicted molar refractivity (Wildman–Crippen MR) is 125 cm³/mol. The van der Waals surface area contributed by atoms with Crippen molar-refractivity contribution in [1.82, 2.24) is 25.6 Å². The number of rotatable bonds is 4. The first-order valence-electron chi connectivity index (χ1n) is 10.9. The quantitative estimate of drug-likeness (QED) is 0.456. The van der Waals surface area contributed by atoms with Crippen molar-refractivity contribution < 1.29 is 19.1 Å². The number of fused-ring (bicyclic) bond motifs is 2. The Balaban J connectivity index is 1.39. The van der Waals surface area contributed by atoms with Crippen LogP contribution >= 0.6 is 0 Å². The van der Waals surface area contributed by atoms with Gasteiger partial charge in [-0.2, -0.15) is 5.10 Å². The Morgan fingerprint density at radius 1 is 1.03 bits per heavy atom. The minimum atomic E-state index is -0.892. The molecule has 1 aliphatic rings. The van der Waals surface area contributed by atoms with Crippen LogP contribution in [0.1, 0.15) is 30.2 Å². The number of aromatic nitrogens is 3. The van der Waals surface area contributed by atoms with Crippen molar-refractivity contribution in [2.24, 2.45) is 0 Å². The van der Waals surface area contributed by atoms with Crippen molar-refractivity contribution in [2.45, 2.75) is 26.0 Å². The van der Waals surface area contributed by atoms with Gasteiger partial charge in [-0.05, 0) is 32.0 Å². The third-order valence-corrected chi connectivity index (χ3v) is 5.47. The van der Waals surface area contributed by atoms with E-state index in [0.717, 1.165) is 5.56 Å². The predicted octanol–water partition coefficient (Wildman–Crippen LogP) is 3.28. The first-order valence-corrected chi connectivity index (χ1v) is 10.9. The number of hydrogen-bond acceptors (Lipinski definition) is 6. The Labute approximate surface area is 195 Å². The van der Waals surface area contributed by atoms with Crippen LogP contribution in [0.25, 0.3) is 22.3 Å². The van der Waals surface area contributed by atoms with Gasteiger partial charge in [0.05, 0.1) is 22.8 Å². The van der Waals surface area contributed by atoms with Gasteiger partial charge in [0.2, 0.25) is 6.10 Å². The molecular weight excluding hydrogens is 434 g/mol. The fourth-order valence-electron chi connectivity index (χ4n) is 3.76. The van der Waals surface area contributed by atoms with E-state index >= 15 is 0 Å². The van der Waals surface area contributed by atoms with E-state index in [1.54, 1.807) is 35.1 Å². The second kappa shape index (κ2) is 8.86. The number of ether oxygens (including phenoxy) is 2. The van der Waals surface area contributed by atoms with Crippen LogP contribution in [-0.4, -0.2) is 39.3 Å². The minimum absolute atomic E-state index is 0.0392. The number of para-hydroxylation sites is 2. The highest BCUT2D eigenvalue weighted by Crippen LogP contribution is 2.31. The summed E-state index contributed by atoms with van der Waals surface area (Å²) < 4.78 is 13.0. The molecule has 2 aromatic carbocycles. The fraction of sp³-hybridized carbons (Fsp3) is 0.200. The molecule has 172 valence electrons. The SMILES string of the molecule is CC(C)n1ncc2c(C(=O)NNC(=O)C3COc4ccccc4O3)cc(-c3ccccc3)nc21. The van der Waals surface area contributed by atoms with E-state index in [1.165, 1.54) is 0 Å². The van der Waals surface area contributed by atoms with E-state index in [-0.39, 0.29) is 12.6 Å². The van der Waals surface area contributed by atoms with E-state index in [9.17, 15) is 9.59 Å². The third-order valence-electron chi connectivity index (χ3n) is 5.47. The molecule has 1 aliphatic heterocycles. The summed E-state index contributed by atoms with van der Waals surface area (Å²) in [6, 6.07) is 18.4. The Morgan fingerprint density at radius 3 is 2.53 bits per heavy atom. The van der Waals surface area contributed by atoms with E-state index < -0.39 is 17.9 Å². The average molecular weight is 457 g/mol. The molecule has 0 saturated carbocycles. The Hall–Kier alpha value is -4.40. The van der Waals surface area contributed by atoms with E-state index in [1.807, 2.05) is 50.2 Å². The maximum Gasteiger partial charge on any atom is 0.283 e. The van der Waals surface area contributed by atoms with E-state index in [0.29, 0.717) is 33.8 Å². The van der Waals surface area contributed by atoms with Gasteiger partial charge in [0.15, 0.2) is 17.1 Å². The largest absolute Gasteiger partial charge is 0.485 e. The molecule has 0 bridgehead atoms. The van der Waals surface area contributed by atoms with Crippen LogP contribution < -0.4 is 20.3 Å². The zero-order valence-corrected chi connectivity index (χ0v) is 18.7. The number of amides is 2. The normalized spacial score (nSPS) is 14.7. The summed E-state index contributed by atoms with van der Waals surface area (Å²) in [6.07, 6.45) is 0.722. The van der Waals surface area contributed by atoms with E-state index in [2.05, 4.69) is 16.0 Å². The lowest BCUT2D eigenvalue weighted by atomic mass is 10.1. The van der Waals surface area contributed by atoms with Crippen LogP contribution in [0.5, 0.6) is 11.5 Å². The van der Waals surface area contributed by atoms with Crippen LogP contribution in [0.2, 0.25) is 0 Å². The number of nitrogens with zero attached hydrogens (tertiary/aromatic N) is 3. The van der Waals surface area contributed by atoms with Crippen molar-refractivity contribution >= 4 is 22.8 Å². The fourth-order valence-corrected chi connectivity index (χ4v) is 3.76. The second-order valence-corrected chi connectivity index (χ2v) is 8.15. The summed E-state index contributed by atoms with van der Waals surface area (Å²) in [6.45, 7) is 4.03. The van der Waals surface area contributed by atoms with Crippen molar-refractivity contribution in [3.05, 3.63) is 72.4 Å². The number of benzene rings is 2. The van der Waals surface area contributed by atoms with Gasteiger partial charge < -0.3 is 9.47 Å². The van der Waals surface area contributed by atoms with Crippen LogP contribution in [0, 0.1) is 0 Å². The number of nitrogens with one attached hydrogen (secondary N) is 2. The number of hydrogen-bond donors (Lipinski definition) is 2. The molecule has 5 rings (SSSR count). The summed E-state index contributed by atoms with van der Waals surface area (Å²) in [5.41, 5.74) is 7.37. The molecule has 0 spiro atoms. The molecule has 0 aliphatic carbocycles. The Bertz CT molecular complexity index is 1370. The first kappa shape index (κ1) is 21.4. The van der Waals surface area contributed by atoms with Gasteiger partial charge in [0.1, 0.15) is 6.61 Å². The summed E-state index contributed by atoms with van der Waals surface area (Å²) >= 11 is 0. The molecule has 9 nitrogen and oxygen atoms in total. The molecule has 2 N–H and O–H groups in total. The van der Waals surface area contributed by atoms with Gasteiger partial charge in [-0.25, -0.2) is 9.67 Å². The van der Waals surface area contributed by atoms with Gasteiger partial charge in [-0.15, -0.1) is 0 Å². The second-order valence-electron chi connectivity index (χ2n) is 8.15. The van der Waals surface area contributed by atoms with Crippen LogP contribution in [0.3, 0.4) is 0 Å². The summed E-state index contributed by atoms with van der Waals surface area (Å²) in [5.74, 6) is 0.0442. The van der Waals surface area contributed by atoms with Crippen molar-refractivity contribution in [3.63, 3.8) is 0 Å². The molecule has 0 saturated heterocycles. The van der Waals surface area contributed by atoms with Gasteiger partial charge in [0.25, 0.3) is 11.8 Å². The number of carbonyl (C=O) groups is 2. The molecule has 0 radical (unpaired) electrons. The molecule has 2 aromatic heterocycles. The lowest BCUT2D eigenvalue weighted by Gasteiger charge is -2.25. The molecule has 34 heavy (non-hydrogen) atoms. The minimum Gasteiger partial charge on any atom is -0.485 e.